The minimum atomic E-state index is 1.21. The van der Waals surface area contributed by atoms with Gasteiger partial charge in [-0.15, -0.1) is 0 Å². The summed E-state index contributed by atoms with van der Waals surface area (Å²) in [7, 11) is 2.12. The van der Waals surface area contributed by atoms with Gasteiger partial charge in [0.05, 0.1) is 5.35 Å². The Morgan fingerprint density at radius 3 is 2.43 bits per heavy atom. The van der Waals surface area contributed by atoms with Gasteiger partial charge in [0.1, 0.15) is 0 Å². The molecule has 1 heterocycles. The van der Waals surface area contributed by atoms with E-state index in [1.807, 2.05) is 12.1 Å². The molecule has 0 unspecified atom stereocenters. The molecule has 1 aromatic carbocycles. The number of nitrogens with zero attached hydrogens (tertiary/aromatic N) is 1. The standard InChI is InChI=1S/C22H25N/c1-6-11-20-18(4)21(12-7-2)23(5)22(20)17(3)15-16-19-13-9-8-10-14-19/h6-16H,1H2,2-5H3/b12-7-,16-15-,20-11-,22-17-. The third-order valence-electron chi connectivity index (χ3n) is 4.05. The van der Waals surface area contributed by atoms with Gasteiger partial charge in [0, 0.05) is 18.0 Å². The molecule has 2 aromatic rings. The zero-order chi connectivity index (χ0) is 16.8. The van der Waals surface area contributed by atoms with Crippen LogP contribution in [0.5, 0.6) is 0 Å². The first-order chi connectivity index (χ1) is 11.1. The average Bonchev–Trinajstić information content (AvgIpc) is 2.79. The zero-order valence-electron chi connectivity index (χ0n) is 14.5. The van der Waals surface area contributed by atoms with Crippen LogP contribution in [0.25, 0.3) is 23.8 Å². The van der Waals surface area contributed by atoms with Gasteiger partial charge >= 0.3 is 0 Å². The lowest BCUT2D eigenvalue weighted by Gasteiger charge is -2.01. The van der Waals surface area contributed by atoms with Crippen molar-refractivity contribution < 1.29 is 0 Å². The molecule has 0 saturated carbocycles. The highest BCUT2D eigenvalue weighted by Crippen LogP contribution is 2.07. The number of hydrogen-bond acceptors (Lipinski definition) is 0. The normalized spacial score (nSPS) is 14.0. The van der Waals surface area contributed by atoms with E-state index in [9.17, 15) is 0 Å². The molecule has 1 aromatic heterocycles. The van der Waals surface area contributed by atoms with Crippen LogP contribution in [0, 0.1) is 6.92 Å². The fourth-order valence-corrected chi connectivity index (χ4v) is 2.93. The second-order valence-electron chi connectivity index (χ2n) is 5.66. The third-order valence-corrected chi connectivity index (χ3v) is 4.05. The molecule has 0 aliphatic heterocycles. The molecule has 23 heavy (non-hydrogen) atoms. The molecule has 0 saturated heterocycles. The quantitative estimate of drug-likeness (QED) is 0.797. The van der Waals surface area contributed by atoms with Crippen molar-refractivity contribution in [2.75, 3.05) is 0 Å². The van der Waals surface area contributed by atoms with Gasteiger partial charge in [-0.25, -0.2) is 0 Å². The van der Waals surface area contributed by atoms with Crippen molar-refractivity contribution >= 4 is 23.8 Å². The summed E-state index contributed by atoms with van der Waals surface area (Å²) in [6.07, 6.45) is 12.5. The van der Waals surface area contributed by atoms with Crippen LogP contribution in [0.2, 0.25) is 0 Å². The highest BCUT2D eigenvalue weighted by molar-refractivity contribution is 5.67. The van der Waals surface area contributed by atoms with Crippen LogP contribution in [0.4, 0.5) is 0 Å². The third kappa shape index (κ3) is 3.62. The monoisotopic (exact) mass is 303 g/mol. The van der Waals surface area contributed by atoms with E-state index >= 15 is 0 Å². The molecule has 0 fully saturated rings. The van der Waals surface area contributed by atoms with Crippen LogP contribution in [-0.2, 0) is 7.05 Å². The maximum atomic E-state index is 3.87. The molecule has 1 heteroatoms. The van der Waals surface area contributed by atoms with Gasteiger partial charge in [0.25, 0.3) is 0 Å². The van der Waals surface area contributed by atoms with Crippen LogP contribution >= 0.6 is 0 Å². The fraction of sp³-hybridized carbons (Fsp3) is 0.182. The Hall–Kier alpha value is -2.54. The highest BCUT2D eigenvalue weighted by Gasteiger charge is 2.07. The second kappa shape index (κ2) is 7.64. The first-order valence-electron chi connectivity index (χ1n) is 7.95. The molecule has 0 aliphatic carbocycles. The summed E-state index contributed by atoms with van der Waals surface area (Å²) >= 11 is 0. The number of rotatable bonds is 4. The first-order valence-corrected chi connectivity index (χ1v) is 7.95. The van der Waals surface area contributed by atoms with Gasteiger partial charge in [0.15, 0.2) is 0 Å². The minimum Gasteiger partial charge on any atom is -0.344 e. The molecule has 0 aliphatic rings. The topological polar surface area (TPSA) is 4.93 Å². The lowest BCUT2D eigenvalue weighted by molar-refractivity contribution is 0.871. The minimum absolute atomic E-state index is 1.21. The molecule has 2 rings (SSSR count). The van der Waals surface area contributed by atoms with Crippen molar-refractivity contribution in [2.45, 2.75) is 20.8 Å². The summed E-state index contributed by atoms with van der Waals surface area (Å²) in [4.78, 5) is 0. The number of hydrogen-bond donors (Lipinski definition) is 0. The van der Waals surface area contributed by atoms with E-state index in [4.69, 9.17) is 0 Å². The summed E-state index contributed by atoms with van der Waals surface area (Å²) in [5, 5.41) is 2.48. The molecular weight excluding hydrogens is 278 g/mol. The van der Waals surface area contributed by atoms with Crippen LogP contribution in [0.15, 0.2) is 55.1 Å². The Morgan fingerprint density at radius 1 is 1.13 bits per heavy atom. The first kappa shape index (κ1) is 16.8. The van der Waals surface area contributed by atoms with Crippen molar-refractivity contribution in [3.8, 4) is 0 Å². The number of aromatic nitrogens is 1. The maximum absolute atomic E-state index is 3.87. The number of allylic oxidation sites excluding steroid dienone is 3. The molecule has 1 nitrogen and oxygen atoms in total. The van der Waals surface area contributed by atoms with Gasteiger partial charge in [-0.3, -0.25) is 0 Å². The molecule has 0 atom stereocenters. The number of benzene rings is 1. The Balaban J connectivity index is 2.70. The van der Waals surface area contributed by atoms with Crippen molar-refractivity contribution in [1.82, 2.24) is 4.57 Å². The van der Waals surface area contributed by atoms with Gasteiger partial charge < -0.3 is 4.57 Å². The summed E-state index contributed by atoms with van der Waals surface area (Å²) in [6.45, 7) is 10.2. The Morgan fingerprint density at radius 2 is 1.83 bits per heavy atom. The van der Waals surface area contributed by atoms with Crippen LogP contribution in [0.1, 0.15) is 30.7 Å². The Bertz CT molecular complexity index is 859. The van der Waals surface area contributed by atoms with E-state index in [2.05, 4.69) is 93.6 Å². The smallest absolute Gasteiger partial charge is 0.0514 e. The van der Waals surface area contributed by atoms with Crippen LogP contribution in [0.3, 0.4) is 0 Å². The van der Waals surface area contributed by atoms with E-state index in [1.54, 1.807) is 0 Å². The largest absolute Gasteiger partial charge is 0.344 e. The van der Waals surface area contributed by atoms with Crippen molar-refractivity contribution in [3.63, 3.8) is 0 Å². The van der Waals surface area contributed by atoms with Crippen LogP contribution < -0.4 is 10.6 Å². The summed E-state index contributed by atoms with van der Waals surface area (Å²) < 4.78 is 2.26. The van der Waals surface area contributed by atoms with E-state index in [0.717, 1.165) is 0 Å². The average molecular weight is 303 g/mol. The molecule has 0 bridgehead atoms. The molecule has 0 amide bonds. The Kier molecular flexibility index (Phi) is 5.59. The second-order valence-corrected chi connectivity index (χ2v) is 5.66. The van der Waals surface area contributed by atoms with Gasteiger partial charge in [-0.2, -0.15) is 0 Å². The van der Waals surface area contributed by atoms with E-state index in [-0.39, 0.29) is 0 Å². The van der Waals surface area contributed by atoms with E-state index in [0.29, 0.717) is 0 Å². The molecule has 118 valence electrons. The van der Waals surface area contributed by atoms with E-state index in [1.165, 1.54) is 33.0 Å². The van der Waals surface area contributed by atoms with Crippen molar-refractivity contribution in [3.05, 3.63) is 82.5 Å². The lowest BCUT2D eigenvalue weighted by Crippen LogP contribution is -2.30. The molecule has 0 N–H and O–H groups in total. The summed E-state index contributed by atoms with van der Waals surface area (Å²) in [6, 6.07) is 10.4. The van der Waals surface area contributed by atoms with Crippen molar-refractivity contribution in [1.29, 1.82) is 0 Å². The maximum Gasteiger partial charge on any atom is 0.0514 e. The summed E-state index contributed by atoms with van der Waals surface area (Å²) in [5.74, 6) is 0. The Labute approximate surface area is 139 Å². The predicted molar refractivity (Wildman–Crippen MR) is 103 cm³/mol. The fourth-order valence-electron chi connectivity index (χ4n) is 2.93. The highest BCUT2D eigenvalue weighted by atomic mass is 14.9. The van der Waals surface area contributed by atoms with Crippen molar-refractivity contribution in [2.24, 2.45) is 7.05 Å². The molecule has 0 spiro atoms. The predicted octanol–water partition coefficient (Wildman–Crippen LogP) is 4.22. The van der Waals surface area contributed by atoms with Gasteiger partial charge in [-0.05, 0) is 43.5 Å². The van der Waals surface area contributed by atoms with Gasteiger partial charge in [0.2, 0.25) is 0 Å². The molecule has 0 radical (unpaired) electrons. The molecular formula is C22H25N. The zero-order valence-corrected chi connectivity index (χ0v) is 14.5. The SMILES string of the molecule is C=C/C=c1/c(C)c(/C=C\C)n(C)/c1=C(C)\C=C/c1ccccc1. The van der Waals surface area contributed by atoms with E-state index < -0.39 is 0 Å². The van der Waals surface area contributed by atoms with Crippen LogP contribution in [-0.4, -0.2) is 4.57 Å². The van der Waals surface area contributed by atoms with Gasteiger partial charge in [-0.1, -0.05) is 67.3 Å². The lowest BCUT2D eigenvalue weighted by atomic mass is 10.1. The summed E-state index contributed by atoms with van der Waals surface area (Å²) in [5.41, 5.74) is 4.97.